The third kappa shape index (κ3) is 3.59. The summed E-state index contributed by atoms with van der Waals surface area (Å²) in [6.45, 7) is 3.19. The van der Waals surface area contributed by atoms with E-state index in [0.29, 0.717) is 29.6 Å². The van der Waals surface area contributed by atoms with Crippen LogP contribution in [0.1, 0.15) is 39.9 Å². The van der Waals surface area contributed by atoms with Gasteiger partial charge in [0.15, 0.2) is 0 Å². The van der Waals surface area contributed by atoms with Gasteiger partial charge in [0.2, 0.25) is 0 Å². The van der Waals surface area contributed by atoms with Gasteiger partial charge in [-0.1, -0.05) is 0 Å². The summed E-state index contributed by atoms with van der Waals surface area (Å²) in [5.41, 5.74) is 1.56. The number of anilines is 1. The van der Waals surface area contributed by atoms with Gasteiger partial charge in [-0.15, -0.1) is 11.3 Å². The zero-order valence-corrected chi connectivity index (χ0v) is 14.5. The average molecular weight is 348 g/mol. The molecule has 8 heteroatoms. The summed E-state index contributed by atoms with van der Waals surface area (Å²) in [6, 6.07) is 1.34. The van der Waals surface area contributed by atoms with Crippen molar-refractivity contribution < 1.29 is 14.3 Å². The van der Waals surface area contributed by atoms with Crippen LogP contribution in [-0.4, -0.2) is 35.2 Å². The highest BCUT2D eigenvalue weighted by Gasteiger charge is 2.28. The summed E-state index contributed by atoms with van der Waals surface area (Å²) in [5, 5.41) is 7.23. The third-order valence-corrected chi connectivity index (χ3v) is 4.83. The minimum atomic E-state index is -0.455. The lowest BCUT2D eigenvalue weighted by atomic mass is 10.4. The van der Waals surface area contributed by atoms with Crippen molar-refractivity contribution in [2.24, 2.45) is 0 Å². The van der Waals surface area contributed by atoms with Crippen LogP contribution < -0.4 is 10.6 Å². The van der Waals surface area contributed by atoms with Crippen LogP contribution in [0.3, 0.4) is 0 Å². The number of aromatic nitrogens is 2. The summed E-state index contributed by atoms with van der Waals surface area (Å²) >= 11 is 1.23. The van der Waals surface area contributed by atoms with E-state index in [1.807, 2.05) is 13.1 Å². The van der Waals surface area contributed by atoms with Crippen molar-refractivity contribution in [3.05, 3.63) is 34.0 Å². The Bertz CT molecular complexity index is 748. The maximum absolute atomic E-state index is 12.0. The van der Waals surface area contributed by atoms with E-state index in [2.05, 4.69) is 20.2 Å². The molecule has 0 aromatic carbocycles. The number of thiophene rings is 1. The van der Waals surface area contributed by atoms with Crippen LogP contribution in [0.2, 0.25) is 0 Å². The number of nitrogens with one attached hydrogen (secondary N) is 2. The zero-order chi connectivity index (χ0) is 17.1. The summed E-state index contributed by atoms with van der Waals surface area (Å²) in [7, 11) is 1.32. The molecular formula is C16H20N4O3S. The van der Waals surface area contributed by atoms with Gasteiger partial charge < -0.3 is 19.9 Å². The molecule has 0 atom stereocenters. The maximum atomic E-state index is 12.0. The number of methoxy groups -OCH3 is 1. The number of hydrogen-bond acceptors (Lipinski definition) is 5. The number of rotatable bonds is 6. The lowest BCUT2D eigenvalue weighted by Crippen LogP contribution is -2.32. The summed E-state index contributed by atoms with van der Waals surface area (Å²) < 4.78 is 6.85. The van der Waals surface area contributed by atoms with Crippen molar-refractivity contribution in [3.8, 4) is 0 Å². The highest BCUT2D eigenvalue weighted by molar-refractivity contribution is 7.12. The smallest absolute Gasteiger partial charge is 0.350 e. The first-order chi connectivity index (χ1) is 11.6. The molecule has 1 aliphatic rings. The van der Waals surface area contributed by atoms with E-state index in [0.717, 1.165) is 11.5 Å². The summed E-state index contributed by atoms with van der Waals surface area (Å²) in [4.78, 5) is 28.5. The van der Waals surface area contributed by atoms with Crippen LogP contribution in [0.4, 0.5) is 10.5 Å². The van der Waals surface area contributed by atoms with Crippen LogP contribution in [0.15, 0.2) is 17.6 Å². The van der Waals surface area contributed by atoms with E-state index in [4.69, 9.17) is 4.74 Å². The molecule has 7 nitrogen and oxygen atoms in total. The summed E-state index contributed by atoms with van der Waals surface area (Å²) in [5.74, 6) is 1.23. The number of carbonyl (C=O) groups excluding carboxylic acids is 2. The number of aryl methyl sites for hydroxylation is 1. The minimum Gasteiger partial charge on any atom is -0.465 e. The molecule has 2 heterocycles. The topological polar surface area (TPSA) is 85.2 Å². The van der Waals surface area contributed by atoms with E-state index in [1.54, 1.807) is 11.4 Å². The Hall–Kier alpha value is -2.35. The van der Waals surface area contributed by atoms with Gasteiger partial charge in [-0.3, -0.25) is 0 Å². The molecule has 1 aliphatic carbocycles. The first kappa shape index (κ1) is 16.5. The molecule has 3 rings (SSSR count). The first-order valence-corrected chi connectivity index (χ1v) is 8.70. The fourth-order valence-electron chi connectivity index (χ4n) is 2.54. The standard InChI is InChI=1S/C16H20N4O3S/c1-10-9-18-14(11-3-4-11)20(10)7-6-17-16(22)19-12-5-8-24-13(12)15(21)23-2/h5,8-9,11H,3-4,6-7H2,1-2H3,(H2,17,19,22). The number of amides is 2. The monoisotopic (exact) mass is 348 g/mol. The molecule has 0 bridgehead atoms. The largest absolute Gasteiger partial charge is 0.465 e. The van der Waals surface area contributed by atoms with Gasteiger partial charge in [0.1, 0.15) is 10.7 Å². The second-order valence-corrected chi connectivity index (χ2v) is 6.64. The zero-order valence-electron chi connectivity index (χ0n) is 13.7. The number of imidazole rings is 1. The van der Waals surface area contributed by atoms with Gasteiger partial charge >= 0.3 is 12.0 Å². The Morgan fingerprint density at radius 2 is 2.25 bits per heavy atom. The Kier molecular flexibility index (Phi) is 4.84. The molecule has 0 spiro atoms. The number of nitrogens with zero attached hydrogens (tertiary/aromatic N) is 2. The molecule has 2 aromatic heterocycles. The minimum absolute atomic E-state index is 0.343. The highest BCUT2D eigenvalue weighted by atomic mass is 32.1. The van der Waals surface area contributed by atoms with E-state index in [9.17, 15) is 9.59 Å². The normalized spacial score (nSPS) is 13.6. The lowest BCUT2D eigenvalue weighted by molar-refractivity contribution is 0.0607. The first-order valence-electron chi connectivity index (χ1n) is 7.83. The van der Waals surface area contributed by atoms with Gasteiger partial charge in [-0.25, -0.2) is 14.6 Å². The van der Waals surface area contributed by atoms with Gasteiger partial charge in [-0.05, 0) is 31.2 Å². The molecule has 0 saturated heterocycles. The number of esters is 1. The molecule has 2 N–H and O–H groups in total. The van der Waals surface area contributed by atoms with Crippen LogP contribution >= 0.6 is 11.3 Å². The fraction of sp³-hybridized carbons (Fsp3) is 0.438. The van der Waals surface area contributed by atoms with E-state index >= 15 is 0 Å². The van der Waals surface area contributed by atoms with Gasteiger partial charge in [0.25, 0.3) is 0 Å². The van der Waals surface area contributed by atoms with Crippen molar-refractivity contribution >= 4 is 29.0 Å². The Morgan fingerprint density at radius 1 is 1.46 bits per heavy atom. The molecule has 1 fully saturated rings. The number of urea groups is 1. The van der Waals surface area contributed by atoms with Crippen molar-refractivity contribution in [3.63, 3.8) is 0 Å². The Labute approximate surface area is 144 Å². The quantitative estimate of drug-likeness (QED) is 0.786. The Morgan fingerprint density at radius 3 is 2.96 bits per heavy atom. The molecule has 128 valence electrons. The molecule has 1 saturated carbocycles. The van der Waals surface area contributed by atoms with Crippen molar-refractivity contribution in [1.29, 1.82) is 0 Å². The lowest BCUT2D eigenvalue weighted by Gasteiger charge is -2.11. The summed E-state index contributed by atoms with van der Waals surface area (Å²) in [6.07, 6.45) is 4.26. The number of ether oxygens (including phenoxy) is 1. The molecule has 0 radical (unpaired) electrons. The fourth-order valence-corrected chi connectivity index (χ4v) is 3.31. The van der Waals surface area contributed by atoms with Crippen molar-refractivity contribution in [2.45, 2.75) is 32.2 Å². The van der Waals surface area contributed by atoms with Crippen molar-refractivity contribution in [2.75, 3.05) is 19.0 Å². The van der Waals surface area contributed by atoms with E-state index < -0.39 is 5.97 Å². The van der Waals surface area contributed by atoms with Gasteiger partial charge in [-0.2, -0.15) is 0 Å². The van der Waals surface area contributed by atoms with Crippen molar-refractivity contribution in [1.82, 2.24) is 14.9 Å². The van der Waals surface area contributed by atoms with E-state index in [1.165, 1.54) is 31.3 Å². The maximum Gasteiger partial charge on any atom is 0.350 e. The number of hydrogen-bond donors (Lipinski definition) is 2. The highest BCUT2D eigenvalue weighted by Crippen LogP contribution is 2.39. The molecule has 24 heavy (non-hydrogen) atoms. The van der Waals surface area contributed by atoms with Crippen LogP contribution in [0.25, 0.3) is 0 Å². The average Bonchev–Trinajstić information content (AvgIpc) is 3.20. The van der Waals surface area contributed by atoms with Gasteiger partial charge in [0.05, 0.1) is 12.8 Å². The molecule has 2 aromatic rings. The molecule has 0 aliphatic heterocycles. The predicted octanol–water partition coefficient (Wildman–Crippen LogP) is 2.74. The van der Waals surface area contributed by atoms with Gasteiger partial charge in [0, 0.05) is 30.9 Å². The molecule has 0 unspecified atom stereocenters. The van der Waals surface area contributed by atoms with Crippen LogP contribution in [-0.2, 0) is 11.3 Å². The predicted molar refractivity (Wildman–Crippen MR) is 91.6 cm³/mol. The number of carbonyl (C=O) groups is 2. The third-order valence-electron chi connectivity index (χ3n) is 3.93. The van der Waals surface area contributed by atoms with Crippen LogP contribution in [0.5, 0.6) is 0 Å². The SMILES string of the molecule is COC(=O)c1sccc1NC(=O)NCCn1c(C)cnc1C1CC1. The van der Waals surface area contributed by atoms with E-state index in [-0.39, 0.29) is 6.03 Å². The second-order valence-electron chi connectivity index (χ2n) is 5.72. The van der Waals surface area contributed by atoms with Crippen LogP contribution in [0, 0.1) is 6.92 Å². The second kappa shape index (κ2) is 7.04. The molecule has 2 amide bonds. The molecular weight excluding hydrogens is 328 g/mol. The Balaban J connectivity index is 1.52.